The molecule has 4 fully saturated rings. The summed E-state index contributed by atoms with van der Waals surface area (Å²) in [4.78, 5) is 12.9. The Hall–Kier alpha value is -2.86. The summed E-state index contributed by atoms with van der Waals surface area (Å²) < 4.78 is 7.79. The van der Waals surface area contributed by atoms with Gasteiger partial charge in [0.2, 0.25) is 5.88 Å². The number of anilines is 2. The summed E-state index contributed by atoms with van der Waals surface area (Å²) in [7, 11) is 0. The van der Waals surface area contributed by atoms with E-state index < -0.39 is 0 Å². The van der Waals surface area contributed by atoms with Gasteiger partial charge in [0.1, 0.15) is 24.1 Å². The number of nitrogens with zero attached hydrogens (tertiary/aromatic N) is 5. The second-order valence-corrected chi connectivity index (χ2v) is 13.5. The van der Waals surface area contributed by atoms with Crippen LogP contribution in [0.4, 0.5) is 11.5 Å². The van der Waals surface area contributed by atoms with Crippen molar-refractivity contribution < 1.29 is 4.74 Å². The number of hydrogen-bond acceptors (Lipinski definition) is 7. The van der Waals surface area contributed by atoms with E-state index in [1.807, 2.05) is 0 Å². The zero-order valence-electron chi connectivity index (χ0n) is 23.5. The van der Waals surface area contributed by atoms with E-state index in [9.17, 15) is 5.26 Å². The Morgan fingerprint density at radius 1 is 1.02 bits per heavy atom. The summed E-state index contributed by atoms with van der Waals surface area (Å²) in [6.07, 6.45) is 8.08. The van der Waals surface area contributed by atoms with Crippen LogP contribution in [0.2, 0.25) is 0 Å². The third kappa shape index (κ3) is 4.15. The molecule has 2 bridgehead atoms. The van der Waals surface area contributed by atoms with Crippen LogP contribution >= 0.6 is 15.9 Å². The monoisotopic (exact) mass is 612 g/mol. The quantitative estimate of drug-likeness (QED) is 0.415. The smallest absolute Gasteiger partial charge is 0.234 e. The van der Waals surface area contributed by atoms with Gasteiger partial charge in [-0.2, -0.15) is 10.2 Å². The van der Waals surface area contributed by atoms with Crippen molar-refractivity contribution in [2.24, 2.45) is 0 Å². The first kappa shape index (κ1) is 25.8. The van der Waals surface area contributed by atoms with Crippen molar-refractivity contribution in [2.75, 3.05) is 49.1 Å². The Bertz CT molecular complexity index is 1520. The number of pyridine rings is 1. The number of halogens is 1. The first-order valence-electron chi connectivity index (χ1n) is 15.4. The van der Waals surface area contributed by atoms with Gasteiger partial charge in [-0.25, -0.2) is 0 Å². The van der Waals surface area contributed by atoms with Gasteiger partial charge in [0, 0.05) is 64.9 Å². The highest BCUT2D eigenvalue weighted by Gasteiger charge is 2.46. The van der Waals surface area contributed by atoms with Crippen LogP contribution in [0, 0.1) is 11.3 Å². The van der Waals surface area contributed by atoms with Gasteiger partial charge >= 0.3 is 0 Å². The molecule has 2 atom stereocenters. The van der Waals surface area contributed by atoms with Crippen molar-refractivity contribution >= 4 is 38.2 Å². The number of rotatable bonds is 5. The third-order valence-corrected chi connectivity index (χ3v) is 11.2. The standard InChI is InChI=1S/C33H37BrN6O/c34-28-7-1-5-22-6-2-8-29(30(22)28)38-16-11-25-27(20-38)26(17-35)32(41-21-33-12-3-14-39(33)15-4-13-33)37-31(25)40-23-9-10-24(40)19-36-18-23/h1-2,5-8,23-24,36H,3-4,9-16,18-21H2/t23-,24+. The number of ether oxygens (including phenoxy) is 1. The van der Waals surface area contributed by atoms with Crippen LogP contribution in [-0.2, 0) is 13.0 Å². The minimum absolute atomic E-state index is 0.111. The molecule has 8 rings (SSSR count). The van der Waals surface area contributed by atoms with E-state index in [0.717, 1.165) is 55.0 Å². The van der Waals surface area contributed by atoms with Crippen molar-refractivity contribution in [3.05, 3.63) is 57.6 Å². The van der Waals surface area contributed by atoms with E-state index >= 15 is 0 Å². The number of nitrogens with one attached hydrogen (secondary N) is 1. The van der Waals surface area contributed by atoms with Gasteiger partial charge in [0.15, 0.2) is 0 Å². The van der Waals surface area contributed by atoms with E-state index in [2.05, 4.69) is 78.4 Å². The zero-order valence-corrected chi connectivity index (χ0v) is 25.1. The van der Waals surface area contributed by atoms with Crippen LogP contribution in [-0.4, -0.2) is 66.8 Å². The third-order valence-electron chi connectivity index (χ3n) is 10.5. The number of hydrogen-bond donors (Lipinski definition) is 1. The van der Waals surface area contributed by atoms with Gasteiger partial charge in [-0.1, -0.05) is 40.2 Å². The number of benzene rings is 2. The van der Waals surface area contributed by atoms with Gasteiger partial charge in [0.25, 0.3) is 0 Å². The van der Waals surface area contributed by atoms with Gasteiger partial charge < -0.3 is 19.9 Å². The highest BCUT2D eigenvalue weighted by atomic mass is 79.9. The molecule has 8 heteroatoms. The lowest BCUT2D eigenvalue weighted by atomic mass is 9.93. The largest absolute Gasteiger partial charge is 0.475 e. The molecular weight excluding hydrogens is 576 g/mol. The lowest BCUT2D eigenvalue weighted by molar-refractivity contribution is 0.110. The van der Waals surface area contributed by atoms with E-state index in [1.54, 1.807) is 0 Å². The molecule has 0 spiro atoms. The molecule has 212 valence electrons. The number of fused-ring (bicyclic) bond motifs is 5. The first-order valence-corrected chi connectivity index (χ1v) is 16.2. The molecule has 1 aromatic heterocycles. The Morgan fingerprint density at radius 2 is 1.78 bits per heavy atom. The summed E-state index contributed by atoms with van der Waals surface area (Å²) >= 11 is 3.82. The molecule has 2 aromatic carbocycles. The average molecular weight is 614 g/mol. The van der Waals surface area contributed by atoms with Crippen LogP contribution in [0.1, 0.15) is 55.2 Å². The SMILES string of the molecule is N#Cc1c(OCC23CCCN2CCC3)nc(N2[C@@H]3CC[C@H]2CNC3)c2c1CN(c1cccc3cccc(Br)c13)CC2. The first-order chi connectivity index (χ1) is 20.1. The van der Waals surface area contributed by atoms with Crippen molar-refractivity contribution in [3.63, 3.8) is 0 Å². The molecule has 5 aliphatic rings. The highest BCUT2D eigenvalue weighted by Crippen LogP contribution is 2.44. The normalized spacial score (nSPS) is 24.9. The highest BCUT2D eigenvalue weighted by molar-refractivity contribution is 9.10. The maximum Gasteiger partial charge on any atom is 0.234 e. The molecule has 6 heterocycles. The van der Waals surface area contributed by atoms with Crippen molar-refractivity contribution in [1.29, 1.82) is 5.26 Å². The fraction of sp³-hybridized carbons (Fsp3) is 0.515. The van der Waals surface area contributed by atoms with Gasteiger partial charge in [-0.3, -0.25) is 4.90 Å². The van der Waals surface area contributed by atoms with E-state index in [-0.39, 0.29) is 5.54 Å². The fourth-order valence-electron chi connectivity index (χ4n) is 8.55. The summed E-state index contributed by atoms with van der Waals surface area (Å²) in [6, 6.07) is 16.4. The summed E-state index contributed by atoms with van der Waals surface area (Å²) in [5.41, 5.74) is 4.31. The molecule has 3 aromatic rings. The van der Waals surface area contributed by atoms with Crippen LogP contribution in [0.3, 0.4) is 0 Å². The van der Waals surface area contributed by atoms with Crippen molar-refractivity contribution in [2.45, 2.75) is 69.1 Å². The van der Waals surface area contributed by atoms with Crippen molar-refractivity contribution in [1.82, 2.24) is 15.2 Å². The second kappa shape index (κ2) is 10.1. The van der Waals surface area contributed by atoms with Crippen LogP contribution in [0.5, 0.6) is 5.88 Å². The summed E-state index contributed by atoms with van der Waals surface area (Å²) in [5.74, 6) is 1.63. The molecule has 0 saturated carbocycles. The molecule has 41 heavy (non-hydrogen) atoms. The maximum absolute atomic E-state index is 10.6. The number of aromatic nitrogens is 1. The average Bonchev–Trinajstić information content (AvgIpc) is 3.65. The summed E-state index contributed by atoms with van der Waals surface area (Å²) in [6.45, 7) is 6.53. The molecule has 0 aliphatic carbocycles. The minimum Gasteiger partial charge on any atom is -0.475 e. The van der Waals surface area contributed by atoms with Crippen molar-refractivity contribution in [3.8, 4) is 11.9 Å². The Morgan fingerprint density at radius 3 is 2.54 bits per heavy atom. The van der Waals surface area contributed by atoms with Gasteiger partial charge in [0.05, 0.1) is 5.54 Å². The summed E-state index contributed by atoms with van der Waals surface area (Å²) in [5, 5.41) is 16.7. The van der Waals surface area contributed by atoms with Crippen LogP contribution in [0.25, 0.3) is 10.8 Å². The van der Waals surface area contributed by atoms with Gasteiger partial charge in [-0.05, 0) is 75.6 Å². The second-order valence-electron chi connectivity index (χ2n) is 12.6. The molecule has 0 radical (unpaired) electrons. The van der Waals surface area contributed by atoms with Crippen LogP contribution in [0.15, 0.2) is 40.9 Å². The fourth-order valence-corrected chi connectivity index (χ4v) is 9.14. The molecule has 0 amide bonds. The lowest BCUT2D eigenvalue weighted by Gasteiger charge is -2.40. The molecule has 5 aliphatic heterocycles. The maximum atomic E-state index is 10.6. The van der Waals surface area contributed by atoms with E-state index in [1.165, 1.54) is 60.5 Å². The molecular formula is C33H37BrN6O. The molecule has 1 N–H and O–H groups in total. The molecule has 0 unspecified atom stereocenters. The molecule has 4 saturated heterocycles. The molecule has 7 nitrogen and oxygen atoms in total. The Balaban J connectivity index is 1.22. The predicted molar refractivity (Wildman–Crippen MR) is 166 cm³/mol. The predicted octanol–water partition coefficient (Wildman–Crippen LogP) is 5.38. The van der Waals surface area contributed by atoms with E-state index in [0.29, 0.717) is 36.7 Å². The zero-order chi connectivity index (χ0) is 27.6. The van der Waals surface area contributed by atoms with Gasteiger partial charge in [-0.15, -0.1) is 0 Å². The Labute approximate surface area is 250 Å². The lowest BCUT2D eigenvalue weighted by Crippen LogP contribution is -2.53. The Kier molecular flexibility index (Phi) is 6.39. The van der Waals surface area contributed by atoms with Crippen LogP contribution < -0.4 is 19.9 Å². The minimum atomic E-state index is 0.111. The number of piperazine rings is 1. The topological polar surface area (TPSA) is 67.7 Å². The van der Waals surface area contributed by atoms with E-state index in [4.69, 9.17) is 9.72 Å². The number of nitriles is 1.